The lowest BCUT2D eigenvalue weighted by atomic mass is 10.1. The fraction of sp³-hybridized carbons (Fsp3) is 0.600. The van der Waals surface area contributed by atoms with Crippen LogP contribution < -0.4 is 10.5 Å². The molecule has 19 heavy (non-hydrogen) atoms. The number of benzene rings is 1. The van der Waals surface area contributed by atoms with Crippen molar-refractivity contribution < 1.29 is 4.74 Å². The minimum absolute atomic E-state index is 0.497. The summed E-state index contributed by atoms with van der Waals surface area (Å²) in [5, 5.41) is 0. The molecule has 1 aromatic rings. The minimum Gasteiger partial charge on any atom is -0.497 e. The van der Waals surface area contributed by atoms with Crippen LogP contribution in [-0.4, -0.2) is 62.7 Å². The standard InChI is InChI=1S/C15H25N3O/c1-17-9-10-18(14(11-16)12-17)8-7-13-3-5-15(19-2)6-4-13/h3-6,14H,7-12,16H2,1-2H3. The molecule has 1 saturated heterocycles. The fourth-order valence-electron chi connectivity index (χ4n) is 2.63. The molecule has 1 unspecified atom stereocenters. The highest BCUT2D eigenvalue weighted by atomic mass is 16.5. The van der Waals surface area contributed by atoms with E-state index in [2.05, 4.69) is 29.0 Å². The Hall–Kier alpha value is -1.10. The molecular weight excluding hydrogens is 238 g/mol. The lowest BCUT2D eigenvalue weighted by Crippen LogP contribution is -2.55. The van der Waals surface area contributed by atoms with Crippen LogP contribution in [-0.2, 0) is 6.42 Å². The normalized spacial score (nSPS) is 21.5. The lowest BCUT2D eigenvalue weighted by Gasteiger charge is -2.39. The summed E-state index contributed by atoms with van der Waals surface area (Å²) in [7, 11) is 3.87. The van der Waals surface area contributed by atoms with Crippen LogP contribution in [0.3, 0.4) is 0 Å². The van der Waals surface area contributed by atoms with Crippen molar-refractivity contribution in [1.29, 1.82) is 0 Å². The van der Waals surface area contributed by atoms with Gasteiger partial charge < -0.3 is 15.4 Å². The highest BCUT2D eigenvalue weighted by Gasteiger charge is 2.23. The Kier molecular flexibility index (Phi) is 5.19. The van der Waals surface area contributed by atoms with Crippen LogP contribution in [0, 0.1) is 0 Å². The van der Waals surface area contributed by atoms with Gasteiger partial charge in [-0.25, -0.2) is 0 Å². The summed E-state index contributed by atoms with van der Waals surface area (Å²) >= 11 is 0. The van der Waals surface area contributed by atoms with Crippen molar-refractivity contribution in [1.82, 2.24) is 9.80 Å². The second-order valence-corrected chi connectivity index (χ2v) is 5.29. The van der Waals surface area contributed by atoms with Gasteiger partial charge in [0, 0.05) is 38.8 Å². The molecule has 1 atom stereocenters. The Morgan fingerprint density at radius 3 is 2.63 bits per heavy atom. The molecule has 4 heteroatoms. The molecule has 0 aliphatic carbocycles. The van der Waals surface area contributed by atoms with Gasteiger partial charge in [0.15, 0.2) is 0 Å². The van der Waals surface area contributed by atoms with Crippen LogP contribution in [0.25, 0.3) is 0 Å². The van der Waals surface area contributed by atoms with E-state index < -0.39 is 0 Å². The summed E-state index contributed by atoms with van der Waals surface area (Å²) in [5.41, 5.74) is 7.23. The van der Waals surface area contributed by atoms with Crippen LogP contribution in [0.1, 0.15) is 5.56 Å². The smallest absolute Gasteiger partial charge is 0.118 e. The Bertz CT molecular complexity index is 379. The summed E-state index contributed by atoms with van der Waals surface area (Å²) in [6.07, 6.45) is 1.07. The molecule has 0 amide bonds. The van der Waals surface area contributed by atoms with Gasteiger partial charge in [0.2, 0.25) is 0 Å². The van der Waals surface area contributed by atoms with E-state index in [1.807, 2.05) is 12.1 Å². The summed E-state index contributed by atoms with van der Waals surface area (Å²) in [6.45, 7) is 5.17. The van der Waals surface area contributed by atoms with E-state index in [0.29, 0.717) is 6.04 Å². The molecule has 1 heterocycles. The van der Waals surface area contributed by atoms with Gasteiger partial charge in [0.1, 0.15) is 5.75 Å². The number of ether oxygens (including phenoxy) is 1. The maximum atomic E-state index is 5.88. The van der Waals surface area contributed by atoms with Gasteiger partial charge in [-0.3, -0.25) is 4.90 Å². The average molecular weight is 263 g/mol. The molecule has 0 radical (unpaired) electrons. The first-order valence-corrected chi connectivity index (χ1v) is 6.98. The Balaban J connectivity index is 1.86. The quantitative estimate of drug-likeness (QED) is 0.854. The summed E-state index contributed by atoms with van der Waals surface area (Å²) in [6, 6.07) is 8.84. The molecule has 1 aliphatic heterocycles. The second kappa shape index (κ2) is 6.89. The van der Waals surface area contributed by atoms with Crippen molar-refractivity contribution in [3.8, 4) is 5.75 Å². The molecule has 0 bridgehead atoms. The Morgan fingerprint density at radius 1 is 1.26 bits per heavy atom. The van der Waals surface area contributed by atoms with Crippen molar-refractivity contribution >= 4 is 0 Å². The van der Waals surface area contributed by atoms with Crippen molar-refractivity contribution in [3.63, 3.8) is 0 Å². The number of nitrogens with zero attached hydrogens (tertiary/aromatic N) is 2. The number of hydrogen-bond acceptors (Lipinski definition) is 4. The van der Waals surface area contributed by atoms with E-state index in [4.69, 9.17) is 10.5 Å². The zero-order chi connectivity index (χ0) is 13.7. The van der Waals surface area contributed by atoms with Gasteiger partial charge in [-0.2, -0.15) is 0 Å². The van der Waals surface area contributed by atoms with Crippen molar-refractivity contribution in [2.75, 3.05) is 46.9 Å². The first-order chi connectivity index (χ1) is 9.22. The molecule has 2 rings (SSSR count). The summed E-state index contributed by atoms with van der Waals surface area (Å²) < 4.78 is 5.18. The second-order valence-electron chi connectivity index (χ2n) is 5.29. The summed E-state index contributed by atoms with van der Waals surface area (Å²) in [5.74, 6) is 0.920. The van der Waals surface area contributed by atoms with E-state index in [1.165, 1.54) is 5.56 Å². The van der Waals surface area contributed by atoms with E-state index in [-0.39, 0.29) is 0 Å². The monoisotopic (exact) mass is 263 g/mol. The van der Waals surface area contributed by atoms with E-state index >= 15 is 0 Å². The van der Waals surface area contributed by atoms with Crippen molar-refractivity contribution in [3.05, 3.63) is 29.8 Å². The number of rotatable bonds is 5. The largest absolute Gasteiger partial charge is 0.497 e. The van der Waals surface area contributed by atoms with Gasteiger partial charge >= 0.3 is 0 Å². The topological polar surface area (TPSA) is 41.7 Å². The number of likely N-dealkylation sites (N-methyl/N-ethyl adjacent to an activating group) is 1. The van der Waals surface area contributed by atoms with Crippen LogP contribution in [0.5, 0.6) is 5.75 Å². The molecule has 0 saturated carbocycles. The van der Waals surface area contributed by atoms with E-state index in [9.17, 15) is 0 Å². The van der Waals surface area contributed by atoms with Gasteiger partial charge in [-0.15, -0.1) is 0 Å². The number of piperazine rings is 1. The van der Waals surface area contributed by atoms with Gasteiger partial charge in [-0.05, 0) is 31.2 Å². The molecule has 4 nitrogen and oxygen atoms in total. The molecule has 2 N–H and O–H groups in total. The highest BCUT2D eigenvalue weighted by Crippen LogP contribution is 2.13. The number of nitrogens with two attached hydrogens (primary N) is 1. The van der Waals surface area contributed by atoms with E-state index in [1.54, 1.807) is 7.11 Å². The van der Waals surface area contributed by atoms with Crippen LogP contribution in [0.15, 0.2) is 24.3 Å². The fourth-order valence-corrected chi connectivity index (χ4v) is 2.63. The van der Waals surface area contributed by atoms with Crippen LogP contribution in [0.4, 0.5) is 0 Å². The molecule has 0 aromatic heterocycles. The third kappa shape index (κ3) is 3.93. The van der Waals surface area contributed by atoms with Gasteiger partial charge in [0.25, 0.3) is 0 Å². The molecule has 1 aliphatic rings. The van der Waals surface area contributed by atoms with Crippen molar-refractivity contribution in [2.45, 2.75) is 12.5 Å². The zero-order valence-electron chi connectivity index (χ0n) is 12.0. The van der Waals surface area contributed by atoms with Gasteiger partial charge in [0.05, 0.1) is 7.11 Å². The van der Waals surface area contributed by atoms with Crippen LogP contribution in [0.2, 0.25) is 0 Å². The average Bonchev–Trinajstić information content (AvgIpc) is 2.46. The maximum absolute atomic E-state index is 5.88. The first-order valence-electron chi connectivity index (χ1n) is 6.98. The Labute approximate surface area is 116 Å². The van der Waals surface area contributed by atoms with E-state index in [0.717, 1.165) is 44.9 Å². The van der Waals surface area contributed by atoms with Crippen LogP contribution >= 0.6 is 0 Å². The maximum Gasteiger partial charge on any atom is 0.118 e. The molecule has 1 aromatic carbocycles. The SMILES string of the molecule is COc1ccc(CCN2CCN(C)CC2CN)cc1. The molecule has 0 spiro atoms. The predicted octanol–water partition coefficient (Wildman–Crippen LogP) is 0.812. The lowest BCUT2D eigenvalue weighted by molar-refractivity contribution is 0.0955. The molecule has 1 fully saturated rings. The summed E-state index contributed by atoms with van der Waals surface area (Å²) in [4.78, 5) is 4.88. The predicted molar refractivity (Wildman–Crippen MR) is 78.6 cm³/mol. The van der Waals surface area contributed by atoms with Crippen molar-refractivity contribution in [2.24, 2.45) is 5.73 Å². The number of hydrogen-bond donors (Lipinski definition) is 1. The number of methoxy groups -OCH3 is 1. The third-order valence-electron chi connectivity index (χ3n) is 3.93. The highest BCUT2D eigenvalue weighted by molar-refractivity contribution is 5.27. The zero-order valence-corrected chi connectivity index (χ0v) is 12.0. The Morgan fingerprint density at radius 2 is 2.00 bits per heavy atom. The van der Waals surface area contributed by atoms with Gasteiger partial charge in [-0.1, -0.05) is 12.1 Å². The third-order valence-corrected chi connectivity index (χ3v) is 3.93. The molecular formula is C15H25N3O. The minimum atomic E-state index is 0.497. The molecule has 106 valence electrons. The first kappa shape index (κ1) is 14.3.